The lowest BCUT2D eigenvalue weighted by atomic mass is 9.73. The van der Waals surface area contributed by atoms with Crippen molar-refractivity contribution in [1.29, 1.82) is 5.26 Å². The summed E-state index contributed by atoms with van der Waals surface area (Å²) in [4.78, 5) is 39.9. The summed E-state index contributed by atoms with van der Waals surface area (Å²) in [5.74, 6) is -0.163. The van der Waals surface area contributed by atoms with Crippen LogP contribution in [0.2, 0.25) is 0 Å². The van der Waals surface area contributed by atoms with E-state index in [0.29, 0.717) is 30.7 Å². The Kier molecular flexibility index (Phi) is 7.20. The quantitative estimate of drug-likeness (QED) is 0.602. The molecule has 2 aliphatic rings. The van der Waals surface area contributed by atoms with Gasteiger partial charge in [0.1, 0.15) is 11.2 Å². The number of fused-ring (bicyclic) bond motifs is 1. The molecule has 4 rings (SSSR count). The Hall–Kier alpha value is -4.39. The largest absolute Gasteiger partial charge is 0.493 e. The van der Waals surface area contributed by atoms with Crippen molar-refractivity contribution in [3.05, 3.63) is 65.7 Å². The lowest BCUT2D eigenvalue weighted by Gasteiger charge is -2.40. The van der Waals surface area contributed by atoms with E-state index in [9.17, 15) is 14.4 Å². The third-order valence-corrected chi connectivity index (χ3v) is 6.41. The van der Waals surface area contributed by atoms with Crippen molar-refractivity contribution in [3.63, 3.8) is 0 Å². The summed E-state index contributed by atoms with van der Waals surface area (Å²) >= 11 is 0. The van der Waals surface area contributed by atoms with Gasteiger partial charge in [-0.3, -0.25) is 9.59 Å². The fraction of sp³-hybridized carbons (Fsp3) is 0.346. The van der Waals surface area contributed by atoms with Crippen molar-refractivity contribution in [1.82, 2.24) is 9.91 Å². The predicted molar refractivity (Wildman–Crippen MR) is 130 cm³/mol. The Morgan fingerprint density at radius 3 is 2.72 bits per heavy atom. The Labute approximate surface area is 208 Å². The number of piperidine rings is 1. The molecule has 0 aromatic heterocycles. The SMILES string of the molecule is CN1N=C2CCN(C(=O)C(CCOc3cccc(C#N)c3)OC(N)=O)C[C@@]2(Cc2ccccc2)C1=O. The summed E-state index contributed by atoms with van der Waals surface area (Å²) in [5.41, 5.74) is 6.41. The van der Waals surface area contributed by atoms with Gasteiger partial charge in [0.2, 0.25) is 0 Å². The second kappa shape index (κ2) is 10.5. The summed E-state index contributed by atoms with van der Waals surface area (Å²) in [6.45, 7) is 0.501. The van der Waals surface area contributed by atoms with E-state index in [1.807, 2.05) is 36.4 Å². The Bertz CT molecular complexity index is 1220. The fourth-order valence-corrected chi connectivity index (χ4v) is 4.73. The number of ether oxygens (including phenoxy) is 2. The molecule has 36 heavy (non-hydrogen) atoms. The molecule has 0 radical (unpaired) electrons. The number of hydrogen-bond acceptors (Lipinski definition) is 7. The highest BCUT2D eigenvalue weighted by molar-refractivity contribution is 6.13. The molecule has 10 heteroatoms. The second-order valence-electron chi connectivity index (χ2n) is 8.83. The average molecular weight is 490 g/mol. The Morgan fingerprint density at radius 2 is 2.00 bits per heavy atom. The molecule has 0 bridgehead atoms. The summed E-state index contributed by atoms with van der Waals surface area (Å²) in [5, 5.41) is 14.8. The van der Waals surface area contributed by atoms with Gasteiger partial charge in [-0.1, -0.05) is 36.4 Å². The molecule has 1 fully saturated rings. The number of likely N-dealkylation sites (tertiary alicyclic amines) is 1. The summed E-state index contributed by atoms with van der Waals surface area (Å²) in [7, 11) is 1.62. The topological polar surface area (TPSA) is 138 Å². The van der Waals surface area contributed by atoms with Gasteiger partial charge in [-0.2, -0.15) is 10.4 Å². The maximum absolute atomic E-state index is 13.5. The number of rotatable bonds is 8. The molecule has 0 spiro atoms. The monoisotopic (exact) mass is 489 g/mol. The van der Waals surface area contributed by atoms with Crippen LogP contribution in [0.4, 0.5) is 4.79 Å². The number of hydrogen-bond donors (Lipinski definition) is 1. The van der Waals surface area contributed by atoms with Crippen molar-refractivity contribution in [2.45, 2.75) is 25.4 Å². The summed E-state index contributed by atoms with van der Waals surface area (Å²) in [6, 6.07) is 18.2. The summed E-state index contributed by atoms with van der Waals surface area (Å²) < 4.78 is 10.8. The number of benzene rings is 2. The fourth-order valence-electron chi connectivity index (χ4n) is 4.73. The predicted octanol–water partition coefficient (Wildman–Crippen LogP) is 2.08. The first-order valence-corrected chi connectivity index (χ1v) is 11.6. The molecule has 1 unspecified atom stereocenters. The maximum atomic E-state index is 13.5. The number of primary amides is 1. The molecule has 1 saturated heterocycles. The van der Waals surface area contributed by atoms with E-state index in [-0.39, 0.29) is 25.5 Å². The van der Waals surface area contributed by atoms with E-state index in [0.717, 1.165) is 11.3 Å². The number of nitriles is 1. The molecular formula is C26H27N5O5. The molecule has 3 amide bonds. The highest BCUT2D eigenvalue weighted by Crippen LogP contribution is 2.38. The zero-order chi connectivity index (χ0) is 25.7. The average Bonchev–Trinajstić information content (AvgIpc) is 3.12. The molecular weight excluding hydrogens is 462 g/mol. The minimum atomic E-state index is -1.18. The Morgan fingerprint density at radius 1 is 1.22 bits per heavy atom. The van der Waals surface area contributed by atoms with Crippen LogP contribution < -0.4 is 10.5 Å². The first kappa shape index (κ1) is 24.7. The second-order valence-corrected chi connectivity index (χ2v) is 8.83. The van der Waals surface area contributed by atoms with Crippen LogP contribution in [0, 0.1) is 16.7 Å². The standard InChI is InChI=1S/C26H27N5O5/c1-30-24(33)26(15-18-6-3-2-4-7-18)17-31(12-10-22(26)29-30)23(32)21(36-25(28)34)11-13-35-20-9-5-8-19(14-20)16-27/h2-9,14,21H,10-13,15,17H2,1H3,(H2,28,34)/t21?,26-/m1/s1. The molecule has 2 heterocycles. The van der Waals surface area contributed by atoms with Crippen molar-refractivity contribution in [2.75, 3.05) is 26.7 Å². The van der Waals surface area contributed by atoms with Gasteiger partial charge in [-0.05, 0) is 30.2 Å². The van der Waals surface area contributed by atoms with Crippen molar-refractivity contribution in [2.24, 2.45) is 16.3 Å². The minimum absolute atomic E-state index is 0.0511. The maximum Gasteiger partial charge on any atom is 0.405 e. The van der Waals surface area contributed by atoms with Crippen LogP contribution in [0.3, 0.4) is 0 Å². The van der Waals surface area contributed by atoms with Gasteiger partial charge in [0.05, 0.1) is 24.0 Å². The smallest absolute Gasteiger partial charge is 0.405 e. The third-order valence-electron chi connectivity index (χ3n) is 6.41. The molecule has 186 valence electrons. The molecule has 0 aliphatic carbocycles. The third kappa shape index (κ3) is 5.15. The highest BCUT2D eigenvalue weighted by atomic mass is 16.6. The van der Waals surface area contributed by atoms with Crippen molar-refractivity contribution >= 4 is 23.6 Å². The molecule has 2 N–H and O–H groups in total. The lowest BCUT2D eigenvalue weighted by molar-refractivity contribution is -0.145. The number of carbonyl (C=O) groups is 3. The van der Waals surface area contributed by atoms with Gasteiger partial charge >= 0.3 is 6.09 Å². The normalized spacial score (nSPS) is 19.7. The van der Waals surface area contributed by atoms with Crippen LogP contribution in [0.1, 0.15) is 24.0 Å². The van der Waals surface area contributed by atoms with Gasteiger partial charge < -0.3 is 20.1 Å². The van der Waals surface area contributed by atoms with Gasteiger partial charge in [0.25, 0.3) is 11.8 Å². The van der Waals surface area contributed by atoms with Crippen molar-refractivity contribution < 1.29 is 23.9 Å². The van der Waals surface area contributed by atoms with E-state index < -0.39 is 23.5 Å². The number of nitrogens with two attached hydrogens (primary N) is 1. The van der Waals surface area contributed by atoms with Crippen LogP contribution in [-0.2, 0) is 20.7 Å². The van der Waals surface area contributed by atoms with E-state index in [2.05, 4.69) is 5.10 Å². The van der Waals surface area contributed by atoms with Gasteiger partial charge in [0, 0.05) is 33.0 Å². The number of amides is 3. The van der Waals surface area contributed by atoms with Crippen LogP contribution in [0.15, 0.2) is 59.7 Å². The lowest BCUT2D eigenvalue weighted by Crippen LogP contribution is -2.57. The first-order valence-electron chi connectivity index (χ1n) is 11.6. The summed E-state index contributed by atoms with van der Waals surface area (Å²) in [6.07, 6.45) is -1.37. The Balaban J connectivity index is 1.50. The van der Waals surface area contributed by atoms with E-state index in [1.165, 1.54) is 5.01 Å². The molecule has 2 aromatic carbocycles. The van der Waals surface area contributed by atoms with Gasteiger partial charge in [0.15, 0.2) is 6.10 Å². The van der Waals surface area contributed by atoms with Crippen molar-refractivity contribution in [3.8, 4) is 11.8 Å². The molecule has 2 aliphatic heterocycles. The van der Waals surface area contributed by atoms with E-state index in [4.69, 9.17) is 20.5 Å². The van der Waals surface area contributed by atoms with Crippen LogP contribution in [-0.4, -0.2) is 66.4 Å². The molecule has 10 nitrogen and oxygen atoms in total. The number of carbonyl (C=O) groups excluding carboxylic acids is 3. The van der Waals surface area contributed by atoms with Gasteiger partial charge in [-0.15, -0.1) is 0 Å². The molecule has 2 aromatic rings. The van der Waals surface area contributed by atoms with Crippen LogP contribution in [0.5, 0.6) is 5.75 Å². The van der Waals surface area contributed by atoms with Gasteiger partial charge in [-0.25, -0.2) is 9.80 Å². The number of hydrazone groups is 1. The zero-order valence-corrected chi connectivity index (χ0v) is 19.9. The molecule has 2 atom stereocenters. The van der Waals surface area contributed by atoms with E-state index >= 15 is 0 Å². The number of nitrogens with zero attached hydrogens (tertiary/aromatic N) is 4. The van der Waals surface area contributed by atoms with E-state index in [1.54, 1.807) is 36.2 Å². The molecule has 0 saturated carbocycles. The highest BCUT2D eigenvalue weighted by Gasteiger charge is 2.54. The van der Waals surface area contributed by atoms with Crippen LogP contribution >= 0.6 is 0 Å². The van der Waals surface area contributed by atoms with Crippen LogP contribution in [0.25, 0.3) is 0 Å². The first-order chi connectivity index (χ1) is 17.3. The zero-order valence-electron chi connectivity index (χ0n) is 19.9. The minimum Gasteiger partial charge on any atom is -0.493 e.